The zero-order chi connectivity index (χ0) is 10.7. The summed E-state index contributed by atoms with van der Waals surface area (Å²) in [4.78, 5) is 0. The molecule has 2 nitrogen and oxygen atoms in total. The Labute approximate surface area is 96.8 Å². The molecule has 2 rings (SSSR count). The molecule has 15 heavy (non-hydrogen) atoms. The summed E-state index contributed by atoms with van der Waals surface area (Å²) in [6, 6.07) is 15.1. The van der Waals surface area contributed by atoms with E-state index in [0.717, 1.165) is 10.2 Å². The number of nitrogens with two attached hydrogens (primary N) is 1. The number of ether oxygens (including phenoxy) is 1. The highest BCUT2D eigenvalue weighted by molar-refractivity contribution is 9.10. The van der Waals surface area contributed by atoms with E-state index in [-0.39, 0.29) is 0 Å². The minimum atomic E-state index is 0.633. The Hall–Kier alpha value is -1.48. The van der Waals surface area contributed by atoms with E-state index in [2.05, 4.69) is 15.9 Å². The van der Waals surface area contributed by atoms with Gasteiger partial charge in [-0.05, 0) is 40.2 Å². The van der Waals surface area contributed by atoms with Gasteiger partial charge < -0.3 is 10.5 Å². The summed E-state index contributed by atoms with van der Waals surface area (Å²) >= 11 is 3.41. The largest absolute Gasteiger partial charge is 0.454 e. The lowest BCUT2D eigenvalue weighted by Crippen LogP contribution is -1.91. The molecule has 76 valence electrons. The number of nitrogen functional groups attached to an aromatic ring is 1. The molecule has 0 spiro atoms. The Balaban J connectivity index is 2.30. The second-order valence-corrected chi connectivity index (χ2v) is 3.92. The zero-order valence-electron chi connectivity index (χ0n) is 7.98. The van der Waals surface area contributed by atoms with Crippen LogP contribution in [0.4, 0.5) is 5.69 Å². The predicted molar refractivity (Wildman–Crippen MR) is 65.1 cm³/mol. The van der Waals surface area contributed by atoms with Crippen LogP contribution >= 0.6 is 15.9 Å². The number of benzene rings is 2. The molecule has 0 amide bonds. The van der Waals surface area contributed by atoms with Crippen molar-refractivity contribution < 1.29 is 4.74 Å². The molecular weight excluding hydrogens is 254 g/mol. The van der Waals surface area contributed by atoms with Crippen LogP contribution in [0.5, 0.6) is 11.5 Å². The summed E-state index contributed by atoms with van der Waals surface area (Å²) in [5, 5.41) is 0. The van der Waals surface area contributed by atoms with E-state index >= 15 is 0 Å². The van der Waals surface area contributed by atoms with Crippen LogP contribution in [0.1, 0.15) is 0 Å². The van der Waals surface area contributed by atoms with Crippen molar-refractivity contribution in [2.75, 3.05) is 5.73 Å². The molecular formula is C12H10BrNO. The first kappa shape index (κ1) is 10.1. The topological polar surface area (TPSA) is 35.2 Å². The predicted octanol–water partition coefficient (Wildman–Crippen LogP) is 3.82. The van der Waals surface area contributed by atoms with Crippen LogP contribution in [0.25, 0.3) is 0 Å². The molecule has 0 aliphatic heterocycles. The van der Waals surface area contributed by atoms with Gasteiger partial charge in [0.05, 0.1) is 10.2 Å². The molecule has 2 aromatic carbocycles. The highest BCUT2D eigenvalue weighted by Crippen LogP contribution is 2.31. The molecule has 0 fully saturated rings. The second kappa shape index (κ2) is 4.36. The first-order valence-electron chi connectivity index (χ1n) is 4.54. The average Bonchev–Trinajstić information content (AvgIpc) is 2.24. The van der Waals surface area contributed by atoms with E-state index < -0.39 is 0 Å². The van der Waals surface area contributed by atoms with E-state index in [1.54, 1.807) is 0 Å². The number of hydrogen-bond donors (Lipinski definition) is 1. The fraction of sp³-hybridized carbons (Fsp3) is 0. The van der Waals surface area contributed by atoms with Crippen LogP contribution in [0.3, 0.4) is 0 Å². The summed E-state index contributed by atoms with van der Waals surface area (Å²) in [6.45, 7) is 0. The lowest BCUT2D eigenvalue weighted by molar-refractivity contribution is 0.482. The van der Waals surface area contributed by atoms with E-state index in [4.69, 9.17) is 10.5 Å². The van der Waals surface area contributed by atoms with Crippen molar-refractivity contribution in [3.05, 3.63) is 53.0 Å². The lowest BCUT2D eigenvalue weighted by atomic mass is 10.3. The first-order chi connectivity index (χ1) is 7.27. The van der Waals surface area contributed by atoms with Crippen LogP contribution in [-0.2, 0) is 0 Å². The number of halogens is 1. The van der Waals surface area contributed by atoms with Gasteiger partial charge in [0.25, 0.3) is 0 Å². The SMILES string of the molecule is Nc1ccccc1Oc1ccccc1Br. The van der Waals surface area contributed by atoms with Gasteiger partial charge in [0.15, 0.2) is 0 Å². The Kier molecular flexibility index (Phi) is 2.92. The van der Waals surface area contributed by atoms with Gasteiger partial charge in [0.2, 0.25) is 0 Å². The fourth-order valence-corrected chi connectivity index (χ4v) is 1.59. The molecule has 0 radical (unpaired) electrons. The van der Waals surface area contributed by atoms with Gasteiger partial charge in [0.1, 0.15) is 11.5 Å². The molecule has 0 aliphatic rings. The molecule has 0 atom stereocenters. The molecule has 0 saturated carbocycles. The van der Waals surface area contributed by atoms with Gasteiger partial charge in [-0.1, -0.05) is 24.3 Å². The zero-order valence-corrected chi connectivity index (χ0v) is 9.57. The van der Waals surface area contributed by atoms with E-state index in [1.165, 1.54) is 0 Å². The Morgan fingerprint density at radius 1 is 0.867 bits per heavy atom. The maximum absolute atomic E-state index is 5.78. The molecule has 2 aromatic rings. The van der Waals surface area contributed by atoms with Gasteiger partial charge in [-0.2, -0.15) is 0 Å². The van der Waals surface area contributed by atoms with Gasteiger partial charge in [-0.3, -0.25) is 0 Å². The minimum Gasteiger partial charge on any atom is -0.454 e. The molecule has 0 heterocycles. The maximum Gasteiger partial charge on any atom is 0.150 e. The fourth-order valence-electron chi connectivity index (χ4n) is 1.22. The van der Waals surface area contributed by atoms with Crippen LogP contribution < -0.4 is 10.5 Å². The molecule has 0 aliphatic carbocycles. The third-order valence-corrected chi connectivity index (χ3v) is 2.63. The molecule has 0 bridgehead atoms. The average molecular weight is 264 g/mol. The quantitative estimate of drug-likeness (QED) is 0.837. The van der Waals surface area contributed by atoms with E-state index in [1.807, 2.05) is 48.5 Å². The second-order valence-electron chi connectivity index (χ2n) is 3.07. The van der Waals surface area contributed by atoms with Crippen molar-refractivity contribution >= 4 is 21.6 Å². The molecule has 3 heteroatoms. The van der Waals surface area contributed by atoms with Gasteiger partial charge in [-0.15, -0.1) is 0 Å². The van der Waals surface area contributed by atoms with Crippen molar-refractivity contribution in [2.45, 2.75) is 0 Å². The van der Waals surface area contributed by atoms with Gasteiger partial charge in [-0.25, -0.2) is 0 Å². The third kappa shape index (κ3) is 2.30. The van der Waals surface area contributed by atoms with Crippen molar-refractivity contribution in [2.24, 2.45) is 0 Å². The molecule has 0 unspecified atom stereocenters. The third-order valence-electron chi connectivity index (χ3n) is 1.98. The van der Waals surface area contributed by atoms with Gasteiger partial charge in [0, 0.05) is 0 Å². The number of para-hydroxylation sites is 3. The Morgan fingerprint density at radius 3 is 2.13 bits per heavy atom. The van der Waals surface area contributed by atoms with E-state index in [0.29, 0.717) is 11.4 Å². The number of anilines is 1. The lowest BCUT2D eigenvalue weighted by Gasteiger charge is -2.09. The summed E-state index contributed by atoms with van der Waals surface area (Å²) < 4.78 is 6.58. The summed E-state index contributed by atoms with van der Waals surface area (Å²) in [5.41, 5.74) is 6.41. The minimum absolute atomic E-state index is 0.633. The molecule has 0 aromatic heterocycles. The maximum atomic E-state index is 5.78. The first-order valence-corrected chi connectivity index (χ1v) is 5.33. The smallest absolute Gasteiger partial charge is 0.150 e. The normalized spacial score (nSPS) is 9.93. The summed E-state index contributed by atoms with van der Waals surface area (Å²) in [7, 11) is 0. The molecule has 2 N–H and O–H groups in total. The summed E-state index contributed by atoms with van der Waals surface area (Å²) in [5.74, 6) is 1.43. The van der Waals surface area contributed by atoms with Crippen molar-refractivity contribution in [3.8, 4) is 11.5 Å². The van der Waals surface area contributed by atoms with Crippen LogP contribution in [0.15, 0.2) is 53.0 Å². The Morgan fingerprint density at radius 2 is 1.47 bits per heavy atom. The van der Waals surface area contributed by atoms with Gasteiger partial charge >= 0.3 is 0 Å². The summed E-state index contributed by atoms with van der Waals surface area (Å²) in [6.07, 6.45) is 0. The van der Waals surface area contributed by atoms with Crippen molar-refractivity contribution in [3.63, 3.8) is 0 Å². The monoisotopic (exact) mass is 263 g/mol. The highest BCUT2D eigenvalue weighted by atomic mass is 79.9. The standard InChI is InChI=1S/C12H10BrNO/c13-9-5-1-3-7-11(9)15-12-8-4-2-6-10(12)14/h1-8H,14H2. The van der Waals surface area contributed by atoms with Crippen molar-refractivity contribution in [1.29, 1.82) is 0 Å². The van der Waals surface area contributed by atoms with E-state index in [9.17, 15) is 0 Å². The van der Waals surface area contributed by atoms with Crippen LogP contribution in [0, 0.1) is 0 Å². The number of rotatable bonds is 2. The molecule has 0 saturated heterocycles. The Bertz CT molecular complexity index is 427. The van der Waals surface area contributed by atoms with Crippen LogP contribution in [0.2, 0.25) is 0 Å². The van der Waals surface area contributed by atoms with Crippen LogP contribution in [-0.4, -0.2) is 0 Å². The number of hydrogen-bond acceptors (Lipinski definition) is 2. The van der Waals surface area contributed by atoms with Crippen molar-refractivity contribution in [1.82, 2.24) is 0 Å². The highest BCUT2D eigenvalue weighted by Gasteiger charge is 2.03.